The molecule has 0 aliphatic carbocycles. The molecule has 1 N–H and O–H groups in total. The van der Waals surface area contributed by atoms with Crippen molar-refractivity contribution in [3.63, 3.8) is 0 Å². The van der Waals surface area contributed by atoms with Crippen LogP contribution in [0.5, 0.6) is 0 Å². The van der Waals surface area contributed by atoms with E-state index < -0.39 is 0 Å². The van der Waals surface area contributed by atoms with E-state index in [1.165, 1.54) is 37.0 Å². The molecular weight excluding hydrogens is 280 g/mol. The maximum Gasteiger partial charge on any atom is 0.188 e. The van der Waals surface area contributed by atoms with Gasteiger partial charge in [0, 0.05) is 24.7 Å². The van der Waals surface area contributed by atoms with E-state index >= 15 is 0 Å². The Morgan fingerprint density at radius 2 is 2.16 bits per heavy atom. The molecule has 102 valence electrons. The Balaban J connectivity index is 1.82. The van der Waals surface area contributed by atoms with Crippen LogP contribution in [0.2, 0.25) is 5.15 Å². The van der Waals surface area contributed by atoms with Crippen molar-refractivity contribution in [2.45, 2.75) is 50.7 Å². The number of nitrogens with one attached hydrogen (secondary N) is 1. The maximum atomic E-state index is 9.00. The predicted octanol–water partition coefficient (Wildman–Crippen LogP) is 2.78. The fourth-order valence-corrected chi connectivity index (χ4v) is 4.49. The molecule has 2 bridgehead atoms. The first kappa shape index (κ1) is 13.2. The van der Waals surface area contributed by atoms with Crippen LogP contribution in [0.4, 0.5) is 5.13 Å². The fraction of sp³-hybridized carbons (Fsp3) is 0.692. The van der Waals surface area contributed by atoms with Crippen molar-refractivity contribution in [3.8, 4) is 6.07 Å². The average molecular weight is 297 g/mol. The smallest absolute Gasteiger partial charge is 0.188 e. The van der Waals surface area contributed by atoms with Crippen molar-refractivity contribution >= 4 is 28.1 Å². The first-order valence-corrected chi connectivity index (χ1v) is 7.99. The van der Waals surface area contributed by atoms with E-state index in [9.17, 15) is 0 Å². The van der Waals surface area contributed by atoms with Crippen molar-refractivity contribution in [2.75, 3.05) is 11.4 Å². The average Bonchev–Trinajstić information content (AvgIpc) is 2.93. The number of aromatic nitrogens is 1. The second-order valence-electron chi connectivity index (χ2n) is 5.28. The minimum Gasteiger partial charge on any atom is -0.345 e. The predicted molar refractivity (Wildman–Crippen MR) is 77.8 cm³/mol. The molecule has 0 saturated carbocycles. The molecule has 0 spiro atoms. The lowest BCUT2D eigenvalue weighted by Crippen LogP contribution is -2.48. The van der Waals surface area contributed by atoms with E-state index in [4.69, 9.17) is 16.9 Å². The van der Waals surface area contributed by atoms with Gasteiger partial charge in [-0.25, -0.2) is 4.98 Å². The lowest BCUT2D eigenvalue weighted by Gasteiger charge is -2.37. The molecule has 1 aromatic heterocycles. The summed E-state index contributed by atoms with van der Waals surface area (Å²) >= 11 is 7.40. The van der Waals surface area contributed by atoms with Crippen LogP contribution in [0.15, 0.2) is 0 Å². The zero-order valence-electron chi connectivity index (χ0n) is 10.9. The van der Waals surface area contributed by atoms with Gasteiger partial charge >= 0.3 is 0 Å². The molecule has 3 heterocycles. The zero-order valence-corrected chi connectivity index (χ0v) is 12.5. The molecule has 2 unspecified atom stereocenters. The molecule has 3 rings (SSSR count). The lowest BCUT2D eigenvalue weighted by molar-refractivity contribution is 0.349. The van der Waals surface area contributed by atoms with Gasteiger partial charge < -0.3 is 10.2 Å². The van der Waals surface area contributed by atoms with Crippen molar-refractivity contribution in [2.24, 2.45) is 0 Å². The Hall–Kier alpha value is -0.830. The SMILES string of the molecule is CCN(c1nc(Cl)c(C#N)s1)C1CC2CCC(C1)N2. The number of anilines is 1. The van der Waals surface area contributed by atoms with Gasteiger partial charge in [0.15, 0.2) is 10.3 Å². The Bertz CT molecular complexity index is 497. The van der Waals surface area contributed by atoms with E-state index in [1.807, 2.05) is 0 Å². The molecule has 19 heavy (non-hydrogen) atoms. The van der Waals surface area contributed by atoms with Gasteiger partial charge in [0.25, 0.3) is 0 Å². The van der Waals surface area contributed by atoms with E-state index in [-0.39, 0.29) is 0 Å². The van der Waals surface area contributed by atoms with Gasteiger partial charge in [-0.15, -0.1) is 0 Å². The Morgan fingerprint density at radius 1 is 1.47 bits per heavy atom. The van der Waals surface area contributed by atoms with Crippen LogP contribution < -0.4 is 10.2 Å². The largest absolute Gasteiger partial charge is 0.345 e. The third-order valence-corrected chi connectivity index (χ3v) is 5.53. The summed E-state index contributed by atoms with van der Waals surface area (Å²) < 4.78 is 0. The summed E-state index contributed by atoms with van der Waals surface area (Å²) in [7, 11) is 0. The highest BCUT2D eigenvalue weighted by atomic mass is 35.5. The number of rotatable bonds is 3. The van der Waals surface area contributed by atoms with Gasteiger partial charge in [-0.3, -0.25) is 0 Å². The summed E-state index contributed by atoms with van der Waals surface area (Å²) in [5.41, 5.74) is 0. The summed E-state index contributed by atoms with van der Waals surface area (Å²) in [6, 6.07) is 3.95. The fourth-order valence-electron chi connectivity index (χ4n) is 3.31. The van der Waals surface area contributed by atoms with Crippen molar-refractivity contribution in [1.82, 2.24) is 10.3 Å². The number of piperidine rings is 1. The molecule has 4 nitrogen and oxygen atoms in total. The van der Waals surface area contributed by atoms with Crippen LogP contribution in [0, 0.1) is 11.3 Å². The van der Waals surface area contributed by atoms with Gasteiger partial charge in [-0.2, -0.15) is 5.26 Å². The van der Waals surface area contributed by atoms with E-state index in [2.05, 4.69) is 28.2 Å². The normalized spacial score (nSPS) is 29.2. The topological polar surface area (TPSA) is 52.0 Å². The second kappa shape index (κ2) is 5.28. The van der Waals surface area contributed by atoms with E-state index in [1.54, 1.807) is 0 Å². The Morgan fingerprint density at radius 3 is 2.68 bits per heavy atom. The van der Waals surface area contributed by atoms with Crippen LogP contribution in [0.1, 0.15) is 37.5 Å². The van der Waals surface area contributed by atoms with Crippen LogP contribution in [-0.2, 0) is 0 Å². The van der Waals surface area contributed by atoms with Crippen LogP contribution in [0.25, 0.3) is 0 Å². The van der Waals surface area contributed by atoms with Gasteiger partial charge in [-0.1, -0.05) is 22.9 Å². The number of hydrogen-bond acceptors (Lipinski definition) is 5. The summed E-state index contributed by atoms with van der Waals surface area (Å²) in [5, 5.41) is 13.9. The first-order chi connectivity index (χ1) is 9.21. The quantitative estimate of drug-likeness (QED) is 0.932. The molecule has 2 aliphatic rings. The minimum atomic E-state index is 0.345. The molecule has 0 aromatic carbocycles. The third-order valence-electron chi connectivity index (χ3n) is 4.15. The number of fused-ring (bicyclic) bond motifs is 2. The highest BCUT2D eigenvalue weighted by Gasteiger charge is 2.36. The Kier molecular flexibility index (Phi) is 3.66. The second-order valence-corrected chi connectivity index (χ2v) is 6.61. The molecular formula is C13H17ClN4S. The number of thiazole rings is 1. The van der Waals surface area contributed by atoms with Crippen molar-refractivity contribution in [1.29, 1.82) is 5.26 Å². The first-order valence-electron chi connectivity index (χ1n) is 6.80. The maximum absolute atomic E-state index is 9.00. The van der Waals surface area contributed by atoms with Crippen molar-refractivity contribution < 1.29 is 0 Å². The molecule has 2 fully saturated rings. The summed E-state index contributed by atoms with van der Waals surface area (Å²) in [5.74, 6) is 0. The monoisotopic (exact) mass is 296 g/mol. The number of nitriles is 1. The van der Waals surface area contributed by atoms with Crippen LogP contribution >= 0.6 is 22.9 Å². The third kappa shape index (κ3) is 2.45. The number of hydrogen-bond donors (Lipinski definition) is 1. The molecule has 2 saturated heterocycles. The molecule has 6 heteroatoms. The summed E-state index contributed by atoms with van der Waals surface area (Å²) in [4.78, 5) is 7.21. The standard InChI is InChI=1S/C13H17ClN4S/c1-2-18(13-17-12(14)11(7-15)19-13)10-5-8-3-4-9(6-10)16-8/h8-10,16H,2-6H2,1H3. The number of halogens is 1. The highest BCUT2D eigenvalue weighted by molar-refractivity contribution is 7.16. The lowest BCUT2D eigenvalue weighted by atomic mass is 9.98. The summed E-state index contributed by atoms with van der Waals surface area (Å²) in [6.45, 7) is 3.06. The highest BCUT2D eigenvalue weighted by Crippen LogP contribution is 2.35. The minimum absolute atomic E-state index is 0.345. The molecule has 1 aromatic rings. The Labute approximate surface area is 122 Å². The van der Waals surface area contributed by atoms with Crippen LogP contribution in [-0.4, -0.2) is 29.7 Å². The van der Waals surface area contributed by atoms with Crippen molar-refractivity contribution in [3.05, 3.63) is 10.0 Å². The van der Waals surface area contributed by atoms with Gasteiger partial charge in [0.05, 0.1) is 0 Å². The van der Waals surface area contributed by atoms with Crippen LogP contribution in [0.3, 0.4) is 0 Å². The number of nitrogens with zero attached hydrogens (tertiary/aromatic N) is 3. The molecule has 0 amide bonds. The molecule has 2 atom stereocenters. The van der Waals surface area contributed by atoms with Gasteiger partial charge in [0.1, 0.15) is 10.9 Å². The molecule has 0 radical (unpaired) electrons. The van der Waals surface area contributed by atoms with E-state index in [0.717, 1.165) is 11.7 Å². The summed E-state index contributed by atoms with van der Waals surface area (Å²) in [6.07, 6.45) is 4.93. The zero-order chi connectivity index (χ0) is 13.4. The van der Waals surface area contributed by atoms with Gasteiger partial charge in [0.2, 0.25) is 0 Å². The van der Waals surface area contributed by atoms with Gasteiger partial charge in [-0.05, 0) is 32.6 Å². The van der Waals surface area contributed by atoms with E-state index in [0.29, 0.717) is 28.2 Å². The molecule has 2 aliphatic heterocycles.